The zero-order valence-corrected chi connectivity index (χ0v) is 11.2. The maximum absolute atomic E-state index is 12.4. The number of nitrogens with one attached hydrogen (secondary N) is 1. The Kier molecular flexibility index (Phi) is 4.39. The third-order valence-electron chi connectivity index (χ3n) is 3.69. The van der Waals surface area contributed by atoms with Crippen LogP contribution in [0.15, 0.2) is 18.2 Å². The predicted molar refractivity (Wildman–Crippen MR) is 74.7 cm³/mol. The van der Waals surface area contributed by atoms with E-state index in [2.05, 4.69) is 5.43 Å². The summed E-state index contributed by atoms with van der Waals surface area (Å²) in [4.78, 5) is 14.2. The van der Waals surface area contributed by atoms with Crippen LogP contribution >= 0.6 is 0 Å². The molecule has 0 radical (unpaired) electrons. The van der Waals surface area contributed by atoms with Gasteiger partial charge in [-0.25, -0.2) is 0 Å². The summed E-state index contributed by atoms with van der Waals surface area (Å²) in [6, 6.07) is 5.45. The first-order chi connectivity index (χ1) is 9.15. The van der Waals surface area contributed by atoms with Crippen LogP contribution in [0.5, 0.6) is 0 Å². The van der Waals surface area contributed by atoms with E-state index in [0.29, 0.717) is 12.1 Å². The number of nitrogens with two attached hydrogens (primary N) is 1. The number of nitrogen functional groups attached to an aromatic ring is 1. The highest BCUT2D eigenvalue weighted by molar-refractivity contribution is 5.95. The minimum Gasteiger partial charge on any atom is -0.396 e. The van der Waals surface area contributed by atoms with E-state index in [4.69, 9.17) is 5.84 Å². The third-order valence-corrected chi connectivity index (χ3v) is 3.69. The van der Waals surface area contributed by atoms with Crippen molar-refractivity contribution in [3.63, 3.8) is 0 Å². The summed E-state index contributed by atoms with van der Waals surface area (Å²) in [7, 11) is 0. The maximum atomic E-state index is 12.4. The van der Waals surface area contributed by atoms with Crippen LogP contribution in [0.25, 0.3) is 0 Å². The molecule has 1 aromatic rings. The Morgan fingerprint density at radius 3 is 3.00 bits per heavy atom. The highest BCUT2D eigenvalue weighted by Gasteiger charge is 2.24. The maximum Gasteiger partial charge on any atom is 0.253 e. The molecule has 0 spiro atoms. The Bertz CT molecular complexity index is 462. The van der Waals surface area contributed by atoms with E-state index in [1.54, 1.807) is 6.07 Å². The molecule has 1 aromatic carbocycles. The minimum atomic E-state index is 0.0322. The summed E-state index contributed by atoms with van der Waals surface area (Å²) >= 11 is 0. The van der Waals surface area contributed by atoms with Gasteiger partial charge in [0.2, 0.25) is 0 Å². The van der Waals surface area contributed by atoms with Gasteiger partial charge in [0.05, 0.1) is 5.69 Å². The van der Waals surface area contributed by atoms with Gasteiger partial charge in [-0.1, -0.05) is 0 Å². The summed E-state index contributed by atoms with van der Waals surface area (Å²) in [5, 5.41) is 9.21. The molecule has 1 aliphatic rings. The molecule has 19 heavy (non-hydrogen) atoms. The van der Waals surface area contributed by atoms with Crippen molar-refractivity contribution in [2.24, 2.45) is 11.8 Å². The number of likely N-dealkylation sites (tertiary alicyclic amines) is 1. The summed E-state index contributed by atoms with van der Waals surface area (Å²) in [6.07, 6.45) is 1.95. The fourth-order valence-electron chi connectivity index (χ4n) is 2.54. The molecule has 4 N–H and O–H groups in total. The molecule has 2 rings (SSSR count). The molecule has 0 bridgehead atoms. The first-order valence-corrected chi connectivity index (χ1v) is 6.63. The quantitative estimate of drug-likeness (QED) is 0.564. The molecule has 0 aliphatic carbocycles. The SMILES string of the molecule is Cc1cc(C(=O)N2CCCC(CO)C2)ccc1NN. The zero-order valence-electron chi connectivity index (χ0n) is 11.2. The highest BCUT2D eigenvalue weighted by atomic mass is 16.3. The molecule has 1 saturated heterocycles. The fourth-order valence-corrected chi connectivity index (χ4v) is 2.54. The molecule has 1 fully saturated rings. The molecular formula is C14H21N3O2. The molecule has 104 valence electrons. The van der Waals surface area contributed by atoms with Crippen LogP contribution in [-0.4, -0.2) is 35.6 Å². The van der Waals surface area contributed by atoms with Crippen LogP contribution < -0.4 is 11.3 Å². The van der Waals surface area contributed by atoms with Gasteiger partial charge < -0.3 is 15.4 Å². The van der Waals surface area contributed by atoms with Gasteiger partial charge in [0.15, 0.2) is 0 Å². The van der Waals surface area contributed by atoms with Crippen molar-refractivity contribution in [3.8, 4) is 0 Å². The van der Waals surface area contributed by atoms with Gasteiger partial charge in [0.1, 0.15) is 0 Å². The van der Waals surface area contributed by atoms with Crippen molar-refractivity contribution in [2.75, 3.05) is 25.1 Å². The molecule has 1 atom stereocenters. The van der Waals surface area contributed by atoms with E-state index in [-0.39, 0.29) is 18.4 Å². The monoisotopic (exact) mass is 263 g/mol. The fraction of sp³-hybridized carbons (Fsp3) is 0.500. The number of nitrogens with zero attached hydrogens (tertiary/aromatic N) is 1. The van der Waals surface area contributed by atoms with Crippen molar-refractivity contribution in [3.05, 3.63) is 29.3 Å². The lowest BCUT2D eigenvalue weighted by Gasteiger charge is -2.32. The second-order valence-electron chi connectivity index (χ2n) is 5.12. The average molecular weight is 263 g/mol. The number of carbonyl (C=O) groups excluding carboxylic acids is 1. The number of piperidine rings is 1. The Hall–Kier alpha value is -1.59. The van der Waals surface area contributed by atoms with Gasteiger partial charge in [-0.3, -0.25) is 10.6 Å². The number of hydrogen-bond acceptors (Lipinski definition) is 4. The minimum absolute atomic E-state index is 0.0322. The number of amides is 1. The first kappa shape index (κ1) is 13.8. The summed E-state index contributed by atoms with van der Waals surface area (Å²) < 4.78 is 0. The number of benzene rings is 1. The normalized spacial score (nSPS) is 19.3. The molecular weight excluding hydrogens is 242 g/mol. The summed E-state index contributed by atoms with van der Waals surface area (Å²) in [5.74, 6) is 5.63. The van der Waals surface area contributed by atoms with E-state index in [0.717, 1.165) is 30.6 Å². The number of aliphatic hydroxyl groups excluding tert-OH is 1. The lowest BCUT2D eigenvalue weighted by atomic mass is 9.98. The van der Waals surface area contributed by atoms with E-state index in [1.807, 2.05) is 24.0 Å². The van der Waals surface area contributed by atoms with Gasteiger partial charge in [-0.15, -0.1) is 0 Å². The lowest BCUT2D eigenvalue weighted by molar-refractivity contribution is 0.0620. The van der Waals surface area contributed by atoms with E-state index in [1.165, 1.54) is 0 Å². The number of anilines is 1. The number of hydrazine groups is 1. The molecule has 0 saturated carbocycles. The van der Waals surface area contributed by atoms with Crippen LogP contribution in [-0.2, 0) is 0 Å². The predicted octanol–water partition coefficient (Wildman–Crippen LogP) is 1.13. The van der Waals surface area contributed by atoms with Crippen LogP contribution in [0.2, 0.25) is 0 Å². The molecule has 1 amide bonds. The van der Waals surface area contributed by atoms with Crippen LogP contribution in [0.3, 0.4) is 0 Å². The molecule has 1 heterocycles. The van der Waals surface area contributed by atoms with Gasteiger partial charge in [-0.2, -0.15) is 0 Å². The van der Waals surface area contributed by atoms with Crippen LogP contribution in [0, 0.1) is 12.8 Å². The Labute approximate surface area is 113 Å². The zero-order chi connectivity index (χ0) is 13.8. The van der Waals surface area contributed by atoms with E-state index >= 15 is 0 Å². The van der Waals surface area contributed by atoms with E-state index < -0.39 is 0 Å². The lowest BCUT2D eigenvalue weighted by Crippen LogP contribution is -2.40. The highest BCUT2D eigenvalue weighted by Crippen LogP contribution is 2.20. The first-order valence-electron chi connectivity index (χ1n) is 6.63. The van der Waals surface area contributed by atoms with Crippen LogP contribution in [0.1, 0.15) is 28.8 Å². The van der Waals surface area contributed by atoms with Crippen molar-refractivity contribution in [1.29, 1.82) is 0 Å². The van der Waals surface area contributed by atoms with Crippen molar-refractivity contribution >= 4 is 11.6 Å². The number of aliphatic hydroxyl groups is 1. The van der Waals surface area contributed by atoms with Gasteiger partial charge in [0.25, 0.3) is 5.91 Å². The van der Waals surface area contributed by atoms with Gasteiger partial charge in [-0.05, 0) is 49.4 Å². The molecule has 1 aliphatic heterocycles. The number of aryl methyl sites for hydroxylation is 1. The largest absolute Gasteiger partial charge is 0.396 e. The van der Waals surface area contributed by atoms with Crippen molar-refractivity contribution in [2.45, 2.75) is 19.8 Å². The average Bonchev–Trinajstić information content (AvgIpc) is 2.46. The third kappa shape index (κ3) is 3.05. The number of rotatable bonds is 3. The number of carbonyl (C=O) groups is 1. The Morgan fingerprint density at radius 1 is 1.58 bits per heavy atom. The second-order valence-corrected chi connectivity index (χ2v) is 5.12. The van der Waals surface area contributed by atoms with E-state index in [9.17, 15) is 9.90 Å². The molecule has 5 heteroatoms. The standard InChI is InChI=1S/C14H21N3O2/c1-10-7-12(4-5-13(10)16-15)14(19)17-6-2-3-11(8-17)9-18/h4-5,7,11,16,18H,2-3,6,8-9,15H2,1H3. The Morgan fingerprint density at radius 2 is 2.37 bits per heavy atom. The molecule has 0 aromatic heterocycles. The second kappa shape index (κ2) is 6.04. The van der Waals surface area contributed by atoms with Gasteiger partial charge in [0, 0.05) is 25.3 Å². The van der Waals surface area contributed by atoms with Crippen LogP contribution in [0.4, 0.5) is 5.69 Å². The molecule has 5 nitrogen and oxygen atoms in total. The van der Waals surface area contributed by atoms with Crippen molar-refractivity contribution in [1.82, 2.24) is 4.90 Å². The molecule has 1 unspecified atom stereocenters. The van der Waals surface area contributed by atoms with Crippen molar-refractivity contribution < 1.29 is 9.90 Å². The topological polar surface area (TPSA) is 78.6 Å². The number of hydrogen-bond donors (Lipinski definition) is 3. The summed E-state index contributed by atoms with van der Waals surface area (Å²) in [6.45, 7) is 3.48. The Balaban J connectivity index is 2.12. The smallest absolute Gasteiger partial charge is 0.253 e. The van der Waals surface area contributed by atoms with Gasteiger partial charge >= 0.3 is 0 Å². The summed E-state index contributed by atoms with van der Waals surface area (Å²) in [5.41, 5.74) is 5.05.